The van der Waals surface area contributed by atoms with E-state index in [0.717, 1.165) is 26.0 Å². The zero-order valence-corrected chi connectivity index (χ0v) is 12.8. The second-order valence-corrected chi connectivity index (χ2v) is 7.15. The first-order chi connectivity index (χ1) is 8.83. The molecule has 2 rings (SSSR count). The Morgan fingerprint density at radius 1 is 1.37 bits per heavy atom. The molecule has 0 aromatic carbocycles. The molecule has 0 aromatic rings. The highest BCUT2D eigenvalue weighted by Gasteiger charge is 2.52. The summed E-state index contributed by atoms with van der Waals surface area (Å²) >= 11 is 0. The van der Waals surface area contributed by atoms with Crippen LogP contribution in [-0.2, 0) is 9.47 Å². The lowest BCUT2D eigenvalue weighted by Crippen LogP contribution is -2.70. The Hall–Kier alpha value is -0.160. The number of hydrogen-bond donors (Lipinski definition) is 1. The van der Waals surface area contributed by atoms with Gasteiger partial charge in [0.1, 0.15) is 0 Å². The molecule has 112 valence electrons. The Labute approximate surface area is 117 Å². The summed E-state index contributed by atoms with van der Waals surface area (Å²) in [5.41, 5.74) is 0.480. The normalized spacial score (nSPS) is 31.1. The largest absolute Gasteiger partial charge is 0.389 e. The van der Waals surface area contributed by atoms with Crippen LogP contribution in [0, 0.1) is 5.41 Å². The molecule has 2 heterocycles. The highest BCUT2D eigenvalue weighted by molar-refractivity contribution is 5.06. The molecule has 0 spiro atoms. The number of rotatable bonds is 6. The lowest BCUT2D eigenvalue weighted by Gasteiger charge is -2.62. The lowest BCUT2D eigenvalue weighted by atomic mass is 9.65. The molecule has 2 aliphatic heterocycles. The minimum atomic E-state index is -0.406. The maximum Gasteiger partial charge on any atom is 0.0900 e. The van der Waals surface area contributed by atoms with Crippen LogP contribution in [0.5, 0.6) is 0 Å². The molecule has 0 amide bonds. The minimum absolute atomic E-state index is 0.155. The van der Waals surface area contributed by atoms with E-state index >= 15 is 0 Å². The molecule has 0 saturated carbocycles. The van der Waals surface area contributed by atoms with Gasteiger partial charge in [0.2, 0.25) is 0 Å². The Kier molecular flexibility index (Phi) is 4.56. The van der Waals surface area contributed by atoms with Crippen molar-refractivity contribution in [2.45, 2.75) is 58.3 Å². The smallest absolute Gasteiger partial charge is 0.0900 e. The van der Waals surface area contributed by atoms with Gasteiger partial charge in [0.25, 0.3) is 0 Å². The van der Waals surface area contributed by atoms with Crippen LogP contribution in [0.1, 0.15) is 40.5 Å². The highest BCUT2D eigenvalue weighted by atomic mass is 16.5. The molecule has 2 saturated heterocycles. The van der Waals surface area contributed by atoms with Gasteiger partial charge in [-0.2, -0.15) is 0 Å². The van der Waals surface area contributed by atoms with Crippen molar-refractivity contribution < 1.29 is 14.6 Å². The van der Waals surface area contributed by atoms with Gasteiger partial charge in [-0.15, -0.1) is 0 Å². The fraction of sp³-hybridized carbons (Fsp3) is 1.00. The summed E-state index contributed by atoms with van der Waals surface area (Å²) in [5.74, 6) is 0. The fourth-order valence-electron chi connectivity index (χ4n) is 2.92. The molecule has 1 N–H and O–H groups in total. The molecule has 0 radical (unpaired) electrons. The molecule has 2 unspecified atom stereocenters. The van der Waals surface area contributed by atoms with Crippen molar-refractivity contribution in [2.24, 2.45) is 5.41 Å². The monoisotopic (exact) mass is 271 g/mol. The van der Waals surface area contributed by atoms with Crippen LogP contribution in [0.3, 0.4) is 0 Å². The average molecular weight is 271 g/mol. The van der Waals surface area contributed by atoms with Crippen molar-refractivity contribution in [3.05, 3.63) is 0 Å². The van der Waals surface area contributed by atoms with Crippen LogP contribution in [0.25, 0.3) is 0 Å². The molecular weight excluding hydrogens is 242 g/mol. The van der Waals surface area contributed by atoms with E-state index in [0.29, 0.717) is 25.2 Å². The molecule has 19 heavy (non-hydrogen) atoms. The van der Waals surface area contributed by atoms with Gasteiger partial charge in [-0.25, -0.2) is 0 Å². The van der Waals surface area contributed by atoms with Gasteiger partial charge in [-0.05, 0) is 32.1 Å². The second-order valence-electron chi connectivity index (χ2n) is 7.15. The van der Waals surface area contributed by atoms with Crippen LogP contribution < -0.4 is 0 Å². The van der Waals surface area contributed by atoms with E-state index < -0.39 is 6.10 Å². The van der Waals surface area contributed by atoms with Crippen molar-refractivity contribution >= 4 is 0 Å². The van der Waals surface area contributed by atoms with E-state index in [9.17, 15) is 5.11 Å². The average Bonchev–Trinajstić information content (AvgIpc) is 2.81. The maximum atomic E-state index is 10.1. The van der Waals surface area contributed by atoms with Gasteiger partial charge in [-0.3, -0.25) is 4.90 Å². The zero-order valence-electron chi connectivity index (χ0n) is 12.8. The second kappa shape index (κ2) is 5.68. The Morgan fingerprint density at radius 2 is 2.11 bits per heavy atom. The summed E-state index contributed by atoms with van der Waals surface area (Å²) in [5, 5.41) is 10.1. The fourth-order valence-corrected chi connectivity index (χ4v) is 2.92. The van der Waals surface area contributed by atoms with Crippen LogP contribution in [-0.4, -0.2) is 60.7 Å². The highest BCUT2D eigenvalue weighted by Crippen LogP contribution is 2.46. The topological polar surface area (TPSA) is 41.9 Å². The van der Waals surface area contributed by atoms with Crippen molar-refractivity contribution in [3.63, 3.8) is 0 Å². The predicted octanol–water partition coefficient (Wildman–Crippen LogP) is 1.66. The van der Waals surface area contributed by atoms with Crippen molar-refractivity contribution in [2.75, 3.05) is 32.9 Å². The number of aliphatic hydroxyl groups is 1. The zero-order chi connectivity index (χ0) is 14.1. The number of likely N-dealkylation sites (tertiary alicyclic amines) is 1. The van der Waals surface area contributed by atoms with Gasteiger partial charge in [0.05, 0.1) is 25.4 Å². The predicted molar refractivity (Wildman–Crippen MR) is 75.2 cm³/mol. The number of β-amino-alcohol motifs (C(OH)–C–C–N with tert-alkyl or cyclic N) is 1. The van der Waals surface area contributed by atoms with Crippen molar-refractivity contribution in [1.29, 1.82) is 0 Å². The summed E-state index contributed by atoms with van der Waals surface area (Å²) in [6.07, 6.45) is 2.06. The Morgan fingerprint density at radius 3 is 2.63 bits per heavy atom. The van der Waals surface area contributed by atoms with Crippen molar-refractivity contribution in [1.82, 2.24) is 4.90 Å². The van der Waals surface area contributed by atoms with Crippen LogP contribution in [0.15, 0.2) is 0 Å². The number of hydrogen-bond acceptors (Lipinski definition) is 4. The Balaban J connectivity index is 1.63. The third-order valence-corrected chi connectivity index (χ3v) is 5.10. The molecule has 2 fully saturated rings. The molecule has 2 atom stereocenters. The first kappa shape index (κ1) is 15.2. The van der Waals surface area contributed by atoms with Crippen LogP contribution in [0.4, 0.5) is 0 Å². The van der Waals surface area contributed by atoms with Gasteiger partial charge in [0.15, 0.2) is 0 Å². The molecule has 0 aromatic heterocycles. The van der Waals surface area contributed by atoms with Gasteiger partial charge in [0, 0.05) is 25.2 Å². The van der Waals surface area contributed by atoms with Crippen LogP contribution >= 0.6 is 0 Å². The molecular formula is C15H29NO3. The molecule has 0 bridgehead atoms. The first-order valence-corrected chi connectivity index (χ1v) is 7.45. The summed E-state index contributed by atoms with van der Waals surface area (Å²) in [6, 6.07) is 0. The molecule has 4 nitrogen and oxygen atoms in total. The summed E-state index contributed by atoms with van der Waals surface area (Å²) in [6.45, 7) is 12.7. The maximum absolute atomic E-state index is 10.1. The van der Waals surface area contributed by atoms with E-state index in [1.165, 1.54) is 0 Å². The molecule has 0 aliphatic carbocycles. The SMILES string of the molecule is CC1(C)CN(CC(O)COCC2CCCO2)C1(C)C. The first-order valence-electron chi connectivity index (χ1n) is 7.45. The van der Waals surface area contributed by atoms with E-state index in [4.69, 9.17) is 9.47 Å². The summed E-state index contributed by atoms with van der Waals surface area (Å²) in [4.78, 5) is 2.34. The minimum Gasteiger partial charge on any atom is -0.389 e. The van der Waals surface area contributed by atoms with E-state index in [1.54, 1.807) is 0 Å². The standard InChI is InChI=1S/C15H29NO3/c1-14(2)11-16(15(14,3)4)8-12(17)9-18-10-13-6-5-7-19-13/h12-13,17H,5-11H2,1-4H3. The van der Waals surface area contributed by atoms with Gasteiger partial charge >= 0.3 is 0 Å². The quantitative estimate of drug-likeness (QED) is 0.798. The van der Waals surface area contributed by atoms with Gasteiger partial charge in [-0.1, -0.05) is 13.8 Å². The number of nitrogens with zero attached hydrogens (tertiary/aromatic N) is 1. The van der Waals surface area contributed by atoms with Crippen molar-refractivity contribution in [3.8, 4) is 0 Å². The van der Waals surface area contributed by atoms with Crippen LogP contribution in [0.2, 0.25) is 0 Å². The van der Waals surface area contributed by atoms with Gasteiger partial charge < -0.3 is 14.6 Å². The van der Waals surface area contributed by atoms with E-state index in [-0.39, 0.29) is 11.6 Å². The van der Waals surface area contributed by atoms with E-state index in [1.807, 2.05) is 0 Å². The summed E-state index contributed by atoms with van der Waals surface area (Å²) in [7, 11) is 0. The molecule has 2 aliphatic rings. The number of ether oxygens (including phenoxy) is 2. The number of aliphatic hydroxyl groups excluding tert-OH is 1. The third kappa shape index (κ3) is 3.30. The summed E-state index contributed by atoms with van der Waals surface area (Å²) < 4.78 is 11.1. The Bertz CT molecular complexity index is 298. The third-order valence-electron chi connectivity index (χ3n) is 5.10. The van der Waals surface area contributed by atoms with E-state index in [2.05, 4.69) is 32.6 Å². The lowest BCUT2D eigenvalue weighted by molar-refractivity contribution is -0.138. The molecule has 4 heteroatoms.